The molecule has 2 aliphatic rings. The van der Waals surface area contributed by atoms with Gasteiger partial charge in [0.05, 0.1) is 0 Å². The normalized spacial score (nSPS) is 29.9. The minimum absolute atomic E-state index is 0.1000. The largest absolute Gasteiger partial charge is 0.504 e. The van der Waals surface area contributed by atoms with E-state index >= 15 is 0 Å². The lowest BCUT2D eigenvalue weighted by Crippen LogP contribution is -2.28. The van der Waals surface area contributed by atoms with Crippen molar-refractivity contribution in [1.82, 2.24) is 0 Å². The molecule has 1 aromatic rings. The molecule has 120 valence electrons. The maximum atomic E-state index is 10.5. The van der Waals surface area contributed by atoms with E-state index in [2.05, 4.69) is 33.8 Å². The summed E-state index contributed by atoms with van der Waals surface area (Å²) in [6, 6.07) is 0. The highest BCUT2D eigenvalue weighted by molar-refractivity contribution is 5.63. The van der Waals surface area contributed by atoms with Gasteiger partial charge in [0, 0.05) is 11.5 Å². The van der Waals surface area contributed by atoms with Gasteiger partial charge >= 0.3 is 0 Å². The molecule has 0 heterocycles. The fourth-order valence-electron chi connectivity index (χ4n) is 4.81. The second-order valence-corrected chi connectivity index (χ2v) is 7.71. The highest BCUT2D eigenvalue weighted by Gasteiger charge is 2.40. The summed E-state index contributed by atoms with van der Waals surface area (Å²) in [6.07, 6.45) is 5.78. The summed E-state index contributed by atoms with van der Waals surface area (Å²) in [6.45, 7) is 10.8. The van der Waals surface area contributed by atoms with Crippen LogP contribution in [0, 0.1) is 12.8 Å². The molecule has 4 atom stereocenters. The first-order valence-electron chi connectivity index (χ1n) is 8.56. The van der Waals surface area contributed by atoms with Crippen LogP contribution in [0.5, 0.6) is 11.5 Å². The first kappa shape index (κ1) is 15.5. The Morgan fingerprint density at radius 2 is 1.68 bits per heavy atom. The van der Waals surface area contributed by atoms with Crippen LogP contribution in [0.1, 0.15) is 87.0 Å². The standard InChI is InChI=1S/C20H28O2/c1-10(2)8-14-9-12(4)15-7-6-11(3)16-18(15)17(14)13(5)19(21)20(16)22/h8,11-12,14-15,21-22H,6-7,9H2,1-5H3/t11-,12-,14-,15?/m0/s1. The third-order valence-corrected chi connectivity index (χ3v) is 5.81. The Balaban J connectivity index is 2.33. The van der Waals surface area contributed by atoms with E-state index in [-0.39, 0.29) is 11.5 Å². The van der Waals surface area contributed by atoms with Crippen molar-refractivity contribution >= 4 is 0 Å². The lowest BCUT2D eigenvalue weighted by Gasteiger charge is -2.43. The Kier molecular flexibility index (Phi) is 3.74. The zero-order chi connectivity index (χ0) is 16.2. The Labute approximate surface area is 133 Å². The number of phenolic OH excluding ortho intramolecular Hbond substituents is 2. The quantitative estimate of drug-likeness (QED) is 0.533. The third-order valence-electron chi connectivity index (χ3n) is 5.81. The molecule has 2 heteroatoms. The Morgan fingerprint density at radius 3 is 2.32 bits per heavy atom. The summed E-state index contributed by atoms with van der Waals surface area (Å²) in [4.78, 5) is 0. The summed E-state index contributed by atoms with van der Waals surface area (Å²) in [5.41, 5.74) is 5.87. The molecule has 1 aromatic carbocycles. The molecule has 0 saturated heterocycles. The van der Waals surface area contributed by atoms with E-state index in [1.165, 1.54) is 23.1 Å². The number of hydrogen-bond acceptors (Lipinski definition) is 2. The molecule has 0 spiro atoms. The molecule has 2 N–H and O–H groups in total. The lowest BCUT2D eigenvalue weighted by molar-refractivity contribution is 0.318. The monoisotopic (exact) mass is 300 g/mol. The number of allylic oxidation sites excluding steroid dienone is 2. The van der Waals surface area contributed by atoms with Crippen LogP contribution < -0.4 is 0 Å². The molecule has 0 aromatic heterocycles. The van der Waals surface area contributed by atoms with E-state index < -0.39 is 0 Å². The van der Waals surface area contributed by atoms with Crippen LogP contribution in [0.4, 0.5) is 0 Å². The van der Waals surface area contributed by atoms with Gasteiger partial charge in [-0.2, -0.15) is 0 Å². The fourth-order valence-corrected chi connectivity index (χ4v) is 4.81. The molecule has 0 fully saturated rings. The highest BCUT2D eigenvalue weighted by Crippen LogP contribution is 2.57. The zero-order valence-corrected chi connectivity index (χ0v) is 14.4. The van der Waals surface area contributed by atoms with Crippen LogP contribution in [-0.2, 0) is 0 Å². The second kappa shape index (κ2) is 5.33. The van der Waals surface area contributed by atoms with Crippen LogP contribution >= 0.6 is 0 Å². The number of aromatic hydroxyl groups is 2. The number of hydrogen-bond donors (Lipinski definition) is 2. The lowest BCUT2D eigenvalue weighted by atomic mass is 9.62. The first-order chi connectivity index (χ1) is 10.3. The molecule has 0 aliphatic heterocycles. The van der Waals surface area contributed by atoms with Gasteiger partial charge in [0.2, 0.25) is 0 Å². The van der Waals surface area contributed by atoms with Crippen molar-refractivity contribution in [3.8, 4) is 11.5 Å². The van der Waals surface area contributed by atoms with E-state index in [0.29, 0.717) is 23.7 Å². The summed E-state index contributed by atoms with van der Waals surface area (Å²) < 4.78 is 0. The average molecular weight is 300 g/mol. The Bertz CT molecular complexity index is 638. The first-order valence-corrected chi connectivity index (χ1v) is 8.56. The molecular formula is C20H28O2. The smallest absolute Gasteiger partial charge is 0.161 e. The van der Waals surface area contributed by atoms with Gasteiger partial charge in [-0.05, 0) is 74.5 Å². The van der Waals surface area contributed by atoms with Crippen molar-refractivity contribution in [2.75, 3.05) is 0 Å². The van der Waals surface area contributed by atoms with Crippen molar-refractivity contribution in [3.63, 3.8) is 0 Å². The van der Waals surface area contributed by atoms with Crippen LogP contribution in [0.2, 0.25) is 0 Å². The maximum Gasteiger partial charge on any atom is 0.161 e. The van der Waals surface area contributed by atoms with Crippen molar-refractivity contribution in [2.24, 2.45) is 5.92 Å². The average Bonchev–Trinajstić information content (AvgIpc) is 2.43. The van der Waals surface area contributed by atoms with Gasteiger partial charge in [0.25, 0.3) is 0 Å². The predicted octanol–water partition coefficient (Wildman–Crippen LogP) is 5.48. The van der Waals surface area contributed by atoms with Crippen molar-refractivity contribution in [3.05, 3.63) is 33.9 Å². The summed E-state index contributed by atoms with van der Waals surface area (Å²) >= 11 is 0. The molecular weight excluding hydrogens is 272 g/mol. The van der Waals surface area contributed by atoms with Gasteiger partial charge in [-0.25, -0.2) is 0 Å². The van der Waals surface area contributed by atoms with E-state index in [0.717, 1.165) is 24.0 Å². The topological polar surface area (TPSA) is 40.5 Å². The fraction of sp³-hybridized carbons (Fsp3) is 0.600. The molecule has 0 saturated carbocycles. The predicted molar refractivity (Wildman–Crippen MR) is 90.9 cm³/mol. The molecule has 22 heavy (non-hydrogen) atoms. The zero-order valence-electron chi connectivity index (χ0n) is 14.4. The van der Waals surface area contributed by atoms with E-state index in [4.69, 9.17) is 0 Å². The van der Waals surface area contributed by atoms with E-state index in [1.807, 2.05) is 6.92 Å². The molecule has 2 aliphatic carbocycles. The maximum absolute atomic E-state index is 10.5. The molecule has 0 bridgehead atoms. The van der Waals surface area contributed by atoms with Crippen molar-refractivity contribution < 1.29 is 10.2 Å². The number of phenols is 2. The second-order valence-electron chi connectivity index (χ2n) is 7.71. The van der Waals surface area contributed by atoms with Crippen LogP contribution in [0.15, 0.2) is 11.6 Å². The van der Waals surface area contributed by atoms with Gasteiger partial charge < -0.3 is 10.2 Å². The van der Waals surface area contributed by atoms with E-state index in [9.17, 15) is 10.2 Å². The van der Waals surface area contributed by atoms with E-state index in [1.54, 1.807) is 0 Å². The van der Waals surface area contributed by atoms with Gasteiger partial charge in [0.15, 0.2) is 11.5 Å². The minimum Gasteiger partial charge on any atom is -0.504 e. The van der Waals surface area contributed by atoms with Gasteiger partial charge in [-0.15, -0.1) is 0 Å². The molecule has 3 rings (SSSR count). The Hall–Kier alpha value is -1.44. The highest BCUT2D eigenvalue weighted by atomic mass is 16.3. The van der Waals surface area contributed by atoms with Crippen molar-refractivity contribution in [1.29, 1.82) is 0 Å². The van der Waals surface area contributed by atoms with Crippen LogP contribution in [0.3, 0.4) is 0 Å². The molecule has 0 amide bonds. The summed E-state index contributed by atoms with van der Waals surface area (Å²) in [5.74, 6) is 2.09. The Morgan fingerprint density at radius 1 is 1.00 bits per heavy atom. The van der Waals surface area contributed by atoms with Gasteiger partial charge in [0.1, 0.15) is 0 Å². The SMILES string of the molecule is CC(C)=C[C@H]1C[C@H](C)C2CC[C@H](C)c3c(O)c(O)c(C)c1c32. The summed E-state index contributed by atoms with van der Waals surface area (Å²) in [5, 5.41) is 21.0. The number of benzene rings is 1. The molecule has 1 unspecified atom stereocenters. The van der Waals surface area contributed by atoms with Crippen molar-refractivity contribution in [2.45, 2.75) is 71.6 Å². The summed E-state index contributed by atoms with van der Waals surface area (Å²) in [7, 11) is 0. The van der Waals surface area contributed by atoms with Crippen LogP contribution in [-0.4, -0.2) is 10.2 Å². The number of rotatable bonds is 1. The third kappa shape index (κ3) is 2.15. The minimum atomic E-state index is 0.1000. The van der Waals surface area contributed by atoms with Crippen LogP contribution in [0.25, 0.3) is 0 Å². The van der Waals surface area contributed by atoms with Gasteiger partial charge in [-0.3, -0.25) is 0 Å². The molecule has 0 radical (unpaired) electrons. The van der Waals surface area contributed by atoms with Gasteiger partial charge in [-0.1, -0.05) is 25.5 Å². The molecule has 2 nitrogen and oxygen atoms in total.